The van der Waals surface area contributed by atoms with E-state index in [1.54, 1.807) is 24.3 Å². The fourth-order valence-electron chi connectivity index (χ4n) is 3.93. The van der Waals surface area contributed by atoms with E-state index in [0.717, 1.165) is 12.8 Å². The van der Waals surface area contributed by atoms with Crippen molar-refractivity contribution < 1.29 is 5.11 Å². The van der Waals surface area contributed by atoms with Gasteiger partial charge >= 0.3 is 0 Å². The first-order valence-corrected chi connectivity index (χ1v) is 9.61. The summed E-state index contributed by atoms with van der Waals surface area (Å²) in [5, 5.41) is 10.5. The summed E-state index contributed by atoms with van der Waals surface area (Å²) in [6.07, 6.45) is 5.56. The number of allylic oxidation sites excluding steroid dienone is 2. The number of halogens is 1. The van der Waals surface area contributed by atoms with E-state index < -0.39 is 0 Å². The molecule has 5 N–H and O–H groups in total. The first-order chi connectivity index (χ1) is 12.3. The third-order valence-corrected chi connectivity index (χ3v) is 6.18. The number of aromatic hydroxyl groups is 1. The number of benzene rings is 1. The van der Waals surface area contributed by atoms with Gasteiger partial charge in [-0.05, 0) is 77.9 Å². The second-order valence-electron chi connectivity index (χ2n) is 8.73. The van der Waals surface area contributed by atoms with Crippen molar-refractivity contribution in [3.05, 3.63) is 46.8 Å². The fraction of sp³-hybridized carbons (Fsp3) is 0.524. The molecule has 1 aliphatic heterocycles. The molecule has 2 rings (SSSR count). The van der Waals surface area contributed by atoms with Gasteiger partial charge in [-0.25, -0.2) is 0 Å². The van der Waals surface area contributed by atoms with E-state index in [9.17, 15) is 5.11 Å². The number of phenols is 1. The highest BCUT2D eigenvalue weighted by Crippen LogP contribution is 2.39. The molecule has 1 aliphatic rings. The van der Waals surface area contributed by atoms with Crippen LogP contribution < -0.4 is 11.5 Å². The van der Waals surface area contributed by atoms with Gasteiger partial charge < -0.3 is 21.5 Å². The maximum absolute atomic E-state index is 10.0. The van der Waals surface area contributed by atoms with Crippen molar-refractivity contribution in [3.63, 3.8) is 0 Å². The Morgan fingerprint density at radius 1 is 1.19 bits per heavy atom. The topological polar surface area (TPSA) is 78.8 Å². The van der Waals surface area contributed by atoms with E-state index in [1.807, 2.05) is 7.05 Å². The molecule has 1 fully saturated rings. The Hall–Kier alpha value is -1.85. The Bertz CT molecular complexity index is 737. The SMILES string of the molecule is CN(/C(N)=C/C=C(\N)c1ccc(Cl)cc1O)C1CC(C)(C)N(C)C(C)(C)C1. The summed E-state index contributed by atoms with van der Waals surface area (Å²) in [7, 11) is 4.22. The van der Waals surface area contributed by atoms with E-state index in [-0.39, 0.29) is 16.8 Å². The van der Waals surface area contributed by atoms with Gasteiger partial charge in [-0.2, -0.15) is 0 Å². The van der Waals surface area contributed by atoms with Crippen molar-refractivity contribution in [1.82, 2.24) is 9.80 Å². The molecule has 6 heteroatoms. The average Bonchev–Trinajstić information content (AvgIpc) is 2.55. The number of hydrogen-bond donors (Lipinski definition) is 3. The molecular weight excluding hydrogens is 360 g/mol. The minimum Gasteiger partial charge on any atom is -0.507 e. The lowest BCUT2D eigenvalue weighted by atomic mass is 9.77. The Labute approximate surface area is 168 Å². The summed E-state index contributed by atoms with van der Waals surface area (Å²) in [5.74, 6) is 0.697. The zero-order valence-electron chi connectivity index (χ0n) is 17.3. The van der Waals surface area contributed by atoms with Crippen molar-refractivity contribution >= 4 is 17.3 Å². The van der Waals surface area contributed by atoms with Crippen LogP contribution in [0.3, 0.4) is 0 Å². The summed E-state index contributed by atoms with van der Waals surface area (Å²) < 4.78 is 0. The zero-order valence-corrected chi connectivity index (χ0v) is 18.0. The Morgan fingerprint density at radius 2 is 1.74 bits per heavy atom. The highest BCUT2D eigenvalue weighted by molar-refractivity contribution is 6.30. The number of phenolic OH excluding ortho intramolecular Hbond substituents is 1. The largest absolute Gasteiger partial charge is 0.507 e. The van der Waals surface area contributed by atoms with Crippen LogP contribution in [0.2, 0.25) is 5.02 Å². The van der Waals surface area contributed by atoms with Crippen LogP contribution in [0.1, 0.15) is 46.1 Å². The van der Waals surface area contributed by atoms with Crippen LogP contribution in [0.4, 0.5) is 0 Å². The van der Waals surface area contributed by atoms with Gasteiger partial charge in [0.15, 0.2) is 0 Å². The third kappa shape index (κ3) is 4.71. The second kappa shape index (κ2) is 7.64. The van der Waals surface area contributed by atoms with E-state index in [2.05, 4.69) is 44.5 Å². The van der Waals surface area contributed by atoms with E-state index in [1.165, 1.54) is 6.07 Å². The van der Waals surface area contributed by atoms with Gasteiger partial charge in [-0.15, -0.1) is 0 Å². The lowest BCUT2D eigenvalue weighted by Gasteiger charge is -2.55. The van der Waals surface area contributed by atoms with Crippen LogP contribution in [0.5, 0.6) is 5.75 Å². The molecule has 0 aliphatic carbocycles. The van der Waals surface area contributed by atoms with Crippen LogP contribution in [-0.4, -0.2) is 46.1 Å². The molecule has 0 bridgehead atoms. The van der Waals surface area contributed by atoms with Gasteiger partial charge in [-0.1, -0.05) is 11.6 Å². The van der Waals surface area contributed by atoms with Crippen LogP contribution in [0.25, 0.3) is 5.70 Å². The van der Waals surface area contributed by atoms with Crippen molar-refractivity contribution in [3.8, 4) is 5.75 Å². The maximum Gasteiger partial charge on any atom is 0.126 e. The van der Waals surface area contributed by atoms with Gasteiger partial charge in [0, 0.05) is 40.5 Å². The van der Waals surface area contributed by atoms with Gasteiger partial charge in [0.05, 0.1) is 5.82 Å². The number of nitrogens with two attached hydrogens (primary N) is 2. The summed E-state index contributed by atoms with van der Waals surface area (Å²) >= 11 is 5.87. The van der Waals surface area contributed by atoms with E-state index in [0.29, 0.717) is 28.1 Å². The highest BCUT2D eigenvalue weighted by Gasteiger charge is 2.44. The molecule has 0 unspecified atom stereocenters. The van der Waals surface area contributed by atoms with Crippen molar-refractivity contribution in [1.29, 1.82) is 0 Å². The Kier molecular flexibility index (Phi) is 6.07. The number of rotatable bonds is 4. The summed E-state index contributed by atoms with van der Waals surface area (Å²) in [5.41, 5.74) is 13.6. The molecule has 1 heterocycles. The second-order valence-corrected chi connectivity index (χ2v) is 9.17. The smallest absolute Gasteiger partial charge is 0.126 e. The number of piperidine rings is 1. The summed E-state index contributed by atoms with van der Waals surface area (Å²) in [6.45, 7) is 9.09. The lowest BCUT2D eigenvalue weighted by molar-refractivity contribution is -0.0367. The average molecular weight is 393 g/mol. The Morgan fingerprint density at radius 3 is 2.26 bits per heavy atom. The van der Waals surface area contributed by atoms with Crippen LogP contribution in [0.15, 0.2) is 36.2 Å². The molecule has 0 spiro atoms. The van der Waals surface area contributed by atoms with Gasteiger partial charge in [0.1, 0.15) is 5.75 Å². The minimum atomic E-state index is 0.0513. The number of nitrogens with zero attached hydrogens (tertiary/aromatic N) is 2. The molecule has 27 heavy (non-hydrogen) atoms. The first-order valence-electron chi connectivity index (χ1n) is 9.24. The molecule has 1 saturated heterocycles. The zero-order chi connectivity index (χ0) is 20.6. The monoisotopic (exact) mass is 392 g/mol. The Balaban J connectivity index is 2.19. The maximum atomic E-state index is 10.0. The molecule has 5 nitrogen and oxygen atoms in total. The standard InChI is InChI=1S/C21H33ClN4O/c1-20(2)12-15(13-21(3,4)26(20)6)25(5)19(24)10-9-17(23)16-8-7-14(22)11-18(16)27/h7-11,15,27H,12-13,23-24H2,1-6H3/b17-9-,19-10+. The van der Waals surface area contributed by atoms with Crippen LogP contribution in [-0.2, 0) is 0 Å². The molecule has 0 amide bonds. The molecule has 0 atom stereocenters. The molecule has 0 radical (unpaired) electrons. The van der Waals surface area contributed by atoms with Gasteiger partial charge in [-0.3, -0.25) is 4.90 Å². The minimum absolute atomic E-state index is 0.0513. The van der Waals surface area contributed by atoms with E-state index in [4.69, 9.17) is 23.1 Å². The predicted octanol–water partition coefficient (Wildman–Crippen LogP) is 3.73. The summed E-state index contributed by atoms with van der Waals surface area (Å²) in [4.78, 5) is 4.58. The normalized spacial score (nSPS) is 21.3. The highest BCUT2D eigenvalue weighted by atomic mass is 35.5. The molecule has 1 aromatic rings. The molecule has 0 aromatic heterocycles. The molecular formula is C21H33ClN4O. The van der Waals surface area contributed by atoms with Crippen LogP contribution in [0, 0.1) is 0 Å². The fourth-order valence-corrected chi connectivity index (χ4v) is 4.10. The van der Waals surface area contributed by atoms with Gasteiger partial charge in [0.2, 0.25) is 0 Å². The number of hydrogen-bond acceptors (Lipinski definition) is 5. The quantitative estimate of drug-likeness (QED) is 0.680. The van der Waals surface area contributed by atoms with Gasteiger partial charge in [0.25, 0.3) is 0 Å². The molecule has 150 valence electrons. The molecule has 0 saturated carbocycles. The predicted molar refractivity (Wildman–Crippen MR) is 114 cm³/mol. The van der Waals surface area contributed by atoms with Crippen LogP contribution >= 0.6 is 11.6 Å². The lowest BCUT2D eigenvalue weighted by Crippen LogP contribution is -2.62. The first kappa shape index (κ1) is 21.5. The third-order valence-electron chi connectivity index (χ3n) is 5.95. The van der Waals surface area contributed by atoms with Crippen molar-refractivity contribution in [2.75, 3.05) is 14.1 Å². The summed E-state index contributed by atoms with van der Waals surface area (Å²) in [6, 6.07) is 5.19. The van der Waals surface area contributed by atoms with Crippen molar-refractivity contribution in [2.45, 2.75) is 57.7 Å². The number of likely N-dealkylation sites (tertiary alicyclic amines) is 1. The molecule has 1 aromatic carbocycles. The van der Waals surface area contributed by atoms with Crippen molar-refractivity contribution in [2.24, 2.45) is 11.5 Å². The van der Waals surface area contributed by atoms with E-state index >= 15 is 0 Å².